The molecule has 1 rings (SSSR count). The van der Waals surface area contributed by atoms with E-state index in [1.54, 1.807) is 7.11 Å². The highest BCUT2D eigenvalue weighted by molar-refractivity contribution is 5.61. The van der Waals surface area contributed by atoms with Gasteiger partial charge in [0.15, 0.2) is 0 Å². The van der Waals surface area contributed by atoms with E-state index in [2.05, 4.69) is 63.0 Å². The molecule has 114 valence electrons. The van der Waals surface area contributed by atoms with Crippen molar-refractivity contribution < 1.29 is 4.74 Å². The summed E-state index contributed by atoms with van der Waals surface area (Å²) in [4.78, 5) is 2.42. The van der Waals surface area contributed by atoms with Gasteiger partial charge in [0, 0.05) is 29.9 Å². The van der Waals surface area contributed by atoms with Gasteiger partial charge in [-0.05, 0) is 52.8 Å². The maximum Gasteiger partial charge on any atom is 0.125 e. The highest BCUT2D eigenvalue weighted by Crippen LogP contribution is 2.35. The van der Waals surface area contributed by atoms with E-state index in [9.17, 15) is 0 Å². The second-order valence-corrected chi connectivity index (χ2v) is 5.45. The minimum atomic E-state index is 0.286. The lowest BCUT2D eigenvalue weighted by atomic mass is 10.0. The van der Waals surface area contributed by atoms with Crippen LogP contribution in [0.3, 0.4) is 0 Å². The molecule has 0 saturated carbocycles. The van der Waals surface area contributed by atoms with E-state index in [4.69, 9.17) is 4.74 Å². The molecule has 0 fully saturated rings. The number of hydrogen-bond donors (Lipinski definition) is 1. The van der Waals surface area contributed by atoms with Gasteiger partial charge in [-0.15, -0.1) is 0 Å². The van der Waals surface area contributed by atoms with E-state index in [0.717, 1.165) is 25.3 Å². The highest BCUT2D eigenvalue weighted by atomic mass is 16.5. The third-order valence-corrected chi connectivity index (χ3v) is 3.67. The predicted molar refractivity (Wildman–Crippen MR) is 87.9 cm³/mol. The van der Waals surface area contributed by atoms with Crippen molar-refractivity contribution in [3.05, 3.63) is 23.8 Å². The molecule has 0 saturated heterocycles. The van der Waals surface area contributed by atoms with Gasteiger partial charge in [-0.2, -0.15) is 0 Å². The van der Waals surface area contributed by atoms with Crippen LogP contribution in [0.1, 0.15) is 52.6 Å². The van der Waals surface area contributed by atoms with Crippen molar-refractivity contribution >= 4 is 5.69 Å². The first kappa shape index (κ1) is 16.8. The molecule has 3 heteroatoms. The summed E-state index contributed by atoms with van der Waals surface area (Å²) in [6.07, 6.45) is 1.14. The smallest absolute Gasteiger partial charge is 0.125 e. The van der Waals surface area contributed by atoms with Crippen molar-refractivity contribution in [2.45, 2.75) is 53.1 Å². The summed E-state index contributed by atoms with van der Waals surface area (Å²) in [5.74, 6) is 0.970. The molecule has 0 aliphatic carbocycles. The van der Waals surface area contributed by atoms with Crippen LogP contribution in [0.2, 0.25) is 0 Å². The molecule has 0 amide bonds. The molecule has 0 aliphatic heterocycles. The lowest BCUT2D eigenvalue weighted by Gasteiger charge is -2.32. The number of ether oxygens (including phenoxy) is 1. The predicted octanol–water partition coefficient (Wildman–Crippen LogP) is 3.99. The minimum Gasteiger partial charge on any atom is -0.496 e. The fourth-order valence-corrected chi connectivity index (χ4v) is 2.67. The molecule has 0 spiro atoms. The summed E-state index contributed by atoms with van der Waals surface area (Å²) in [6, 6.07) is 7.09. The molecule has 3 nitrogen and oxygen atoms in total. The van der Waals surface area contributed by atoms with Crippen LogP contribution in [0.5, 0.6) is 5.75 Å². The summed E-state index contributed by atoms with van der Waals surface area (Å²) < 4.78 is 5.59. The summed E-state index contributed by atoms with van der Waals surface area (Å²) in [5.41, 5.74) is 2.54. The summed E-state index contributed by atoms with van der Waals surface area (Å²) in [6.45, 7) is 13.1. The molecule has 0 aromatic heterocycles. The van der Waals surface area contributed by atoms with Gasteiger partial charge in [0.05, 0.1) is 7.11 Å². The molecule has 0 heterocycles. The number of nitrogens with one attached hydrogen (secondary N) is 1. The molecule has 0 aliphatic rings. The Balaban J connectivity index is 3.22. The fraction of sp³-hybridized carbons (Fsp3) is 0.647. The third kappa shape index (κ3) is 3.89. The number of anilines is 1. The van der Waals surface area contributed by atoms with Gasteiger partial charge in [-0.3, -0.25) is 0 Å². The molecule has 1 N–H and O–H groups in total. The summed E-state index contributed by atoms with van der Waals surface area (Å²) in [5, 5.41) is 3.57. The van der Waals surface area contributed by atoms with Crippen LogP contribution in [0.25, 0.3) is 0 Å². The van der Waals surface area contributed by atoms with Crippen LogP contribution in [0.4, 0.5) is 5.69 Å². The number of hydrogen-bond acceptors (Lipinski definition) is 3. The quantitative estimate of drug-likeness (QED) is 0.778. The van der Waals surface area contributed by atoms with Crippen LogP contribution < -0.4 is 15.0 Å². The Kier molecular flexibility index (Phi) is 6.86. The zero-order chi connectivity index (χ0) is 15.1. The Hall–Kier alpha value is -1.22. The lowest BCUT2D eigenvalue weighted by Crippen LogP contribution is -2.32. The van der Waals surface area contributed by atoms with Crippen molar-refractivity contribution in [3.8, 4) is 5.75 Å². The van der Waals surface area contributed by atoms with Gasteiger partial charge in [0.2, 0.25) is 0 Å². The first-order valence-electron chi connectivity index (χ1n) is 7.73. The third-order valence-electron chi connectivity index (χ3n) is 3.67. The second kappa shape index (κ2) is 8.15. The van der Waals surface area contributed by atoms with E-state index in [-0.39, 0.29) is 6.04 Å². The average Bonchev–Trinajstić information content (AvgIpc) is 2.44. The van der Waals surface area contributed by atoms with Gasteiger partial charge in [-0.25, -0.2) is 0 Å². The standard InChI is InChI=1S/C17H30N2O/c1-7-12-18-14(5)17-15(19(8-2)13(3)4)10-9-11-16(17)20-6/h9-11,13-14,18H,7-8,12H2,1-6H3. The van der Waals surface area contributed by atoms with Gasteiger partial charge >= 0.3 is 0 Å². The molecule has 1 aromatic rings. The first-order chi connectivity index (χ1) is 9.56. The van der Waals surface area contributed by atoms with E-state index in [0.29, 0.717) is 6.04 Å². The minimum absolute atomic E-state index is 0.286. The first-order valence-corrected chi connectivity index (χ1v) is 7.73. The Bertz CT molecular complexity index is 404. The molecule has 20 heavy (non-hydrogen) atoms. The van der Waals surface area contributed by atoms with Crippen molar-refractivity contribution in [1.29, 1.82) is 0 Å². The summed E-state index contributed by atoms with van der Waals surface area (Å²) in [7, 11) is 1.75. The van der Waals surface area contributed by atoms with E-state index in [1.165, 1.54) is 11.3 Å². The second-order valence-electron chi connectivity index (χ2n) is 5.45. The van der Waals surface area contributed by atoms with Crippen LogP contribution >= 0.6 is 0 Å². The van der Waals surface area contributed by atoms with Crippen molar-refractivity contribution in [2.75, 3.05) is 25.1 Å². The molecular formula is C17H30N2O. The van der Waals surface area contributed by atoms with Crippen LogP contribution in [0, 0.1) is 0 Å². The molecule has 0 radical (unpaired) electrons. The van der Waals surface area contributed by atoms with Crippen LogP contribution in [0.15, 0.2) is 18.2 Å². The number of methoxy groups -OCH3 is 1. The number of rotatable bonds is 8. The monoisotopic (exact) mass is 278 g/mol. The molecule has 1 aromatic carbocycles. The Morgan fingerprint density at radius 3 is 2.40 bits per heavy atom. The lowest BCUT2D eigenvalue weighted by molar-refractivity contribution is 0.401. The molecule has 0 bridgehead atoms. The number of benzene rings is 1. The maximum absolute atomic E-state index is 5.59. The van der Waals surface area contributed by atoms with Crippen LogP contribution in [-0.2, 0) is 0 Å². The van der Waals surface area contributed by atoms with Gasteiger partial charge in [-0.1, -0.05) is 13.0 Å². The van der Waals surface area contributed by atoms with Crippen molar-refractivity contribution in [1.82, 2.24) is 5.32 Å². The average molecular weight is 278 g/mol. The zero-order valence-corrected chi connectivity index (χ0v) is 13.9. The normalized spacial score (nSPS) is 12.6. The largest absolute Gasteiger partial charge is 0.496 e. The highest BCUT2D eigenvalue weighted by Gasteiger charge is 2.20. The Labute approximate surface area is 124 Å². The topological polar surface area (TPSA) is 24.5 Å². The fourth-order valence-electron chi connectivity index (χ4n) is 2.67. The van der Waals surface area contributed by atoms with Crippen LogP contribution in [-0.4, -0.2) is 26.2 Å². The van der Waals surface area contributed by atoms with Crippen molar-refractivity contribution in [3.63, 3.8) is 0 Å². The maximum atomic E-state index is 5.59. The van der Waals surface area contributed by atoms with E-state index < -0.39 is 0 Å². The van der Waals surface area contributed by atoms with Gasteiger partial charge in [0.25, 0.3) is 0 Å². The molecule has 1 atom stereocenters. The molecular weight excluding hydrogens is 248 g/mol. The Morgan fingerprint density at radius 1 is 1.20 bits per heavy atom. The zero-order valence-electron chi connectivity index (χ0n) is 13.9. The number of nitrogens with zero attached hydrogens (tertiary/aromatic N) is 1. The van der Waals surface area contributed by atoms with E-state index >= 15 is 0 Å². The Morgan fingerprint density at radius 2 is 1.90 bits per heavy atom. The van der Waals surface area contributed by atoms with Gasteiger partial charge in [0.1, 0.15) is 5.75 Å². The van der Waals surface area contributed by atoms with E-state index in [1.807, 2.05) is 0 Å². The summed E-state index contributed by atoms with van der Waals surface area (Å²) >= 11 is 0. The molecule has 1 unspecified atom stereocenters. The van der Waals surface area contributed by atoms with Crippen molar-refractivity contribution in [2.24, 2.45) is 0 Å². The SMILES string of the molecule is CCCNC(C)c1c(OC)cccc1N(CC)C(C)C. The van der Waals surface area contributed by atoms with Gasteiger partial charge < -0.3 is 15.0 Å².